The van der Waals surface area contributed by atoms with Crippen LogP contribution in [0.15, 0.2) is 24.3 Å². The van der Waals surface area contributed by atoms with Gasteiger partial charge in [-0.2, -0.15) is 0 Å². The van der Waals surface area contributed by atoms with Crippen LogP contribution < -0.4 is 0 Å². The minimum atomic E-state index is -2.61. The van der Waals surface area contributed by atoms with Crippen molar-refractivity contribution in [3.63, 3.8) is 0 Å². The molecule has 0 unspecified atom stereocenters. The Morgan fingerprint density at radius 3 is 0.854 bits per heavy atom. The molecular weight excluding hydrogens is 650 g/mol. The van der Waals surface area contributed by atoms with Crippen molar-refractivity contribution in [2.45, 2.75) is 137 Å². The summed E-state index contributed by atoms with van der Waals surface area (Å²) in [5.74, 6) is 0. The van der Waals surface area contributed by atoms with Crippen LogP contribution in [0, 0.1) is 5.41 Å². The lowest BCUT2D eigenvalue weighted by Gasteiger charge is -2.52. The topological polar surface area (TPSA) is 171 Å². The summed E-state index contributed by atoms with van der Waals surface area (Å²) in [6.07, 6.45) is 1.67. The molecule has 0 saturated heterocycles. The van der Waals surface area contributed by atoms with Crippen molar-refractivity contribution in [2.75, 3.05) is 19.8 Å². The summed E-state index contributed by atoms with van der Waals surface area (Å²) in [6, 6.07) is 8.72. The lowest BCUT2D eigenvalue weighted by atomic mass is 9.56. The second kappa shape index (κ2) is 16.5. The third kappa shape index (κ3) is 10.0. The molecule has 2 aromatic rings. The first-order valence-corrected chi connectivity index (χ1v) is 18.9. The van der Waals surface area contributed by atoms with Gasteiger partial charge < -0.3 is 40.0 Å². The Kier molecular flexibility index (Phi) is 15.5. The molecule has 0 amide bonds. The summed E-state index contributed by atoms with van der Waals surface area (Å²) in [4.78, 5) is 31.3. The predicted octanol–water partition coefficient (Wildman–Crippen LogP) is 6.63. The molecule has 2 rings (SSSR count). The lowest BCUT2D eigenvalue weighted by Crippen LogP contribution is -2.57. The zero-order chi connectivity index (χ0) is 37.8. The van der Waals surface area contributed by atoms with E-state index in [4.69, 9.17) is 19.6 Å². The summed E-state index contributed by atoms with van der Waals surface area (Å²) in [5.41, 5.74) is 2.43. The van der Waals surface area contributed by atoms with Crippen molar-refractivity contribution < 1.29 is 44.3 Å². The van der Waals surface area contributed by atoms with Gasteiger partial charge in [-0.1, -0.05) is 121 Å². The van der Waals surface area contributed by atoms with Crippen LogP contribution in [0.3, 0.4) is 0 Å². The minimum Gasteiger partial charge on any atom is -0.395 e. The Morgan fingerprint density at radius 1 is 0.500 bits per heavy atom. The van der Waals surface area contributed by atoms with Crippen molar-refractivity contribution in [1.82, 2.24) is 0 Å². The molecule has 0 aliphatic heterocycles. The second-order valence-corrected chi connectivity index (χ2v) is 18.6. The van der Waals surface area contributed by atoms with Crippen LogP contribution in [0.5, 0.6) is 0 Å². The number of rotatable bonds is 10. The van der Waals surface area contributed by atoms with Crippen LogP contribution in [-0.2, 0) is 44.4 Å². The number of aryl methyl sites for hydroxylation is 2. The molecule has 0 aromatic heterocycles. The van der Waals surface area contributed by atoms with E-state index in [9.17, 15) is 20.4 Å². The van der Waals surface area contributed by atoms with Gasteiger partial charge in [-0.25, -0.2) is 4.31 Å². The minimum absolute atomic E-state index is 0.381. The Morgan fingerprint density at radius 2 is 0.729 bits per heavy atom. The van der Waals surface area contributed by atoms with Crippen molar-refractivity contribution >= 4 is 17.2 Å². The molecule has 0 radical (unpaired) electrons. The molecule has 8 N–H and O–H groups in total. The molecule has 0 aliphatic rings. The van der Waals surface area contributed by atoms with E-state index in [0.29, 0.717) is 11.1 Å². The molecule has 0 fully saturated rings. The molecule has 0 saturated carbocycles. The van der Waals surface area contributed by atoms with Gasteiger partial charge in [-0.15, -0.1) is 0 Å². The fraction of sp³-hybridized carbons (Fsp3) is 0.676. The average molecular weight is 715 g/mol. The average Bonchev–Trinajstić information content (AvgIpc) is 2.94. The highest BCUT2D eigenvalue weighted by Gasteiger charge is 2.58. The molecule has 2 aromatic carbocycles. The standard InChI is InChI=1S/C37H60O4.H4O5P2/c1-15-24-17-26(32(3,4)5)30(27(18-24)33(6,7)8)37(41,36(21-38,22-39)23-40)31-28(34(9,10)11)19-25(16-2)20-29(31)35(12,13)14;1-6(2)5-7(3)4/h17-20,38-41H,15-16,21-23H2,1-14H3;1-4H. The van der Waals surface area contributed by atoms with Crippen molar-refractivity contribution in [2.24, 2.45) is 5.41 Å². The number of hydrogen-bond donors (Lipinski definition) is 8. The van der Waals surface area contributed by atoms with Gasteiger partial charge >= 0.3 is 17.2 Å². The molecule has 0 atom stereocenters. The van der Waals surface area contributed by atoms with E-state index in [-0.39, 0.29) is 21.7 Å². The van der Waals surface area contributed by atoms with E-state index >= 15 is 0 Å². The molecule has 276 valence electrons. The summed E-state index contributed by atoms with van der Waals surface area (Å²) in [5, 5.41) is 47.3. The smallest absolute Gasteiger partial charge is 0.334 e. The number of benzene rings is 2. The number of hydrogen-bond acceptors (Lipinski definition) is 9. The monoisotopic (exact) mass is 714 g/mol. The van der Waals surface area contributed by atoms with Gasteiger partial charge in [0.1, 0.15) is 5.60 Å². The van der Waals surface area contributed by atoms with Gasteiger partial charge in [0.2, 0.25) is 0 Å². The van der Waals surface area contributed by atoms with Crippen LogP contribution in [0.2, 0.25) is 0 Å². The van der Waals surface area contributed by atoms with Gasteiger partial charge in [0.25, 0.3) is 0 Å². The maximum Gasteiger partial charge on any atom is 0.334 e. The van der Waals surface area contributed by atoms with Crippen molar-refractivity contribution in [1.29, 1.82) is 0 Å². The van der Waals surface area contributed by atoms with E-state index in [0.717, 1.165) is 35.1 Å². The van der Waals surface area contributed by atoms with E-state index in [1.165, 1.54) is 11.1 Å². The van der Waals surface area contributed by atoms with Crippen molar-refractivity contribution in [3.8, 4) is 0 Å². The number of aliphatic hydroxyl groups excluding tert-OH is 3. The molecule has 0 spiro atoms. The summed E-state index contributed by atoms with van der Waals surface area (Å²) in [7, 11) is -5.22. The summed E-state index contributed by atoms with van der Waals surface area (Å²) in [6.45, 7) is 28.2. The van der Waals surface area contributed by atoms with E-state index < -0.39 is 48.0 Å². The third-order valence-corrected chi connectivity index (χ3v) is 10.2. The molecule has 0 aliphatic carbocycles. The SMILES string of the molecule is CCc1cc(C(C)(C)C)c(C(O)(c2c(C(C)(C)C)cc(CC)cc2C(C)(C)C)C(CO)(CO)CO)c(C(C)(C)C)c1.OP(O)OP(O)O. The highest BCUT2D eigenvalue weighted by Crippen LogP contribution is 2.56. The van der Waals surface area contributed by atoms with Gasteiger partial charge in [-0.3, -0.25) is 0 Å². The normalized spacial score (nSPS) is 13.7. The zero-order valence-electron chi connectivity index (χ0n) is 31.7. The second-order valence-electron chi connectivity index (χ2n) is 16.9. The van der Waals surface area contributed by atoms with Crippen LogP contribution in [0.25, 0.3) is 0 Å². The first-order valence-electron chi connectivity index (χ1n) is 16.6. The van der Waals surface area contributed by atoms with Crippen LogP contribution in [-0.4, -0.2) is 59.8 Å². The molecule has 48 heavy (non-hydrogen) atoms. The Balaban J connectivity index is 0.00000148. The summed E-state index contributed by atoms with van der Waals surface area (Å²) >= 11 is 0. The third-order valence-electron chi connectivity index (χ3n) is 8.99. The van der Waals surface area contributed by atoms with E-state index in [1.54, 1.807) is 0 Å². The van der Waals surface area contributed by atoms with E-state index in [1.807, 2.05) is 0 Å². The zero-order valence-corrected chi connectivity index (χ0v) is 33.5. The first-order chi connectivity index (χ1) is 21.6. The molecule has 9 nitrogen and oxygen atoms in total. The highest BCUT2D eigenvalue weighted by atomic mass is 31.2. The maximum atomic E-state index is 13.9. The fourth-order valence-electron chi connectivity index (χ4n) is 6.17. The highest BCUT2D eigenvalue weighted by molar-refractivity contribution is 7.53. The molecule has 11 heteroatoms. The Bertz CT molecular complexity index is 1170. The van der Waals surface area contributed by atoms with Crippen LogP contribution >= 0.6 is 17.2 Å². The van der Waals surface area contributed by atoms with Crippen LogP contribution in [0.1, 0.15) is 141 Å². The van der Waals surface area contributed by atoms with E-state index in [2.05, 4.69) is 126 Å². The first kappa shape index (κ1) is 45.0. The number of aliphatic hydroxyl groups is 4. The Hall–Kier alpha value is -1.06. The van der Waals surface area contributed by atoms with Crippen LogP contribution in [0.4, 0.5) is 0 Å². The fourth-order valence-corrected chi connectivity index (χ4v) is 6.69. The molecule has 0 heterocycles. The maximum absolute atomic E-state index is 13.9. The molecular formula is C37H64O9P2. The van der Waals surface area contributed by atoms with Gasteiger partial charge in [0.05, 0.1) is 25.2 Å². The van der Waals surface area contributed by atoms with Gasteiger partial charge in [-0.05, 0) is 79.0 Å². The van der Waals surface area contributed by atoms with Gasteiger partial charge in [0, 0.05) is 0 Å². The summed E-state index contributed by atoms with van der Waals surface area (Å²) < 4.78 is 3.60. The van der Waals surface area contributed by atoms with Crippen molar-refractivity contribution in [3.05, 3.63) is 68.8 Å². The predicted molar refractivity (Wildman–Crippen MR) is 197 cm³/mol. The molecule has 0 bridgehead atoms. The lowest BCUT2D eigenvalue weighted by molar-refractivity contribution is -0.138. The quantitative estimate of drug-likeness (QED) is 0.126. The largest absolute Gasteiger partial charge is 0.395 e. The van der Waals surface area contributed by atoms with Gasteiger partial charge in [0.15, 0.2) is 0 Å². The Labute approximate surface area is 292 Å².